The summed E-state index contributed by atoms with van der Waals surface area (Å²) in [4.78, 5) is 26.6. The Hall–Kier alpha value is -3.11. The number of rotatable bonds is 5. The molecule has 3 aromatic rings. The molecule has 0 fully saturated rings. The highest BCUT2D eigenvalue weighted by molar-refractivity contribution is 6.31. The zero-order chi connectivity index (χ0) is 22.1. The topological polar surface area (TPSA) is 90.1 Å². The third-order valence-electron chi connectivity index (χ3n) is 3.97. The maximum absolute atomic E-state index is 13.3. The molecule has 156 valence electrons. The molecule has 2 aromatic carbocycles. The largest absolute Gasteiger partial charge is 0.435 e. The molecule has 1 N–H and O–H groups in total. The fourth-order valence-corrected chi connectivity index (χ4v) is 3.03. The first-order chi connectivity index (χ1) is 14.1. The number of anilines is 2. The van der Waals surface area contributed by atoms with Crippen LogP contribution in [0.2, 0.25) is 10.0 Å². The molecule has 1 aromatic heterocycles. The van der Waals surface area contributed by atoms with Crippen LogP contribution >= 0.6 is 23.2 Å². The van der Waals surface area contributed by atoms with E-state index in [1.807, 2.05) is 0 Å². The van der Waals surface area contributed by atoms with Crippen LogP contribution < -0.4 is 10.9 Å². The molecular formula is C18H11Cl2F3N4O3. The van der Waals surface area contributed by atoms with Gasteiger partial charge in [0.15, 0.2) is 5.69 Å². The minimum atomic E-state index is -5.01. The average Bonchev–Trinajstić information content (AvgIpc) is 2.68. The van der Waals surface area contributed by atoms with E-state index in [1.54, 1.807) is 30.3 Å². The van der Waals surface area contributed by atoms with Crippen molar-refractivity contribution in [1.29, 1.82) is 0 Å². The first-order valence-electron chi connectivity index (χ1n) is 8.20. The van der Waals surface area contributed by atoms with Crippen molar-refractivity contribution in [2.24, 2.45) is 0 Å². The molecule has 0 atom stereocenters. The zero-order valence-electron chi connectivity index (χ0n) is 14.8. The van der Waals surface area contributed by atoms with E-state index in [9.17, 15) is 28.1 Å². The highest BCUT2D eigenvalue weighted by Gasteiger charge is 2.38. The van der Waals surface area contributed by atoms with Gasteiger partial charge in [-0.05, 0) is 17.7 Å². The number of nitrogens with one attached hydrogen (secondary N) is 1. The number of benzene rings is 2. The lowest BCUT2D eigenvalue weighted by Gasteiger charge is -2.17. The smallest absolute Gasteiger partial charge is 0.320 e. The van der Waals surface area contributed by atoms with Gasteiger partial charge in [0.25, 0.3) is 11.2 Å². The maximum atomic E-state index is 13.3. The van der Waals surface area contributed by atoms with Crippen molar-refractivity contribution in [3.63, 3.8) is 0 Å². The summed E-state index contributed by atoms with van der Waals surface area (Å²) in [5.74, 6) is -0.564. The van der Waals surface area contributed by atoms with Crippen molar-refractivity contribution in [1.82, 2.24) is 9.55 Å². The van der Waals surface area contributed by atoms with Crippen LogP contribution in [0.15, 0.2) is 53.3 Å². The predicted octanol–water partition coefficient (Wildman–Crippen LogP) is 5.27. The number of nitro benzene ring substituents is 1. The molecule has 0 saturated heterocycles. The standard InChI is InChI=1S/C18H11Cl2F3N4O3/c19-11-6-7-12(13(8-11)27(29)30)24-17-25-15(18(21,22)23)14(20)16(28)26(17)9-10-4-2-1-3-5-10/h1-8H,9H2,(H,24,25). The van der Waals surface area contributed by atoms with E-state index in [1.165, 1.54) is 12.1 Å². The van der Waals surface area contributed by atoms with Gasteiger partial charge in [-0.1, -0.05) is 53.5 Å². The molecule has 0 saturated carbocycles. The van der Waals surface area contributed by atoms with Crippen LogP contribution in [0.5, 0.6) is 0 Å². The fourth-order valence-electron chi connectivity index (χ4n) is 2.61. The van der Waals surface area contributed by atoms with Gasteiger partial charge in [-0.15, -0.1) is 0 Å². The van der Waals surface area contributed by atoms with Gasteiger partial charge in [-0.2, -0.15) is 13.2 Å². The molecule has 0 aliphatic heterocycles. The second-order valence-corrected chi connectivity index (χ2v) is 6.83. The van der Waals surface area contributed by atoms with E-state index in [4.69, 9.17) is 23.2 Å². The van der Waals surface area contributed by atoms with Crippen LogP contribution in [0.4, 0.5) is 30.5 Å². The lowest BCUT2D eigenvalue weighted by molar-refractivity contribution is -0.383. The maximum Gasteiger partial charge on any atom is 0.435 e. The quantitative estimate of drug-likeness (QED) is 0.415. The summed E-state index contributed by atoms with van der Waals surface area (Å²) in [7, 11) is 0. The molecule has 0 aliphatic rings. The van der Waals surface area contributed by atoms with Crippen LogP contribution in [-0.2, 0) is 12.7 Å². The van der Waals surface area contributed by atoms with Crippen molar-refractivity contribution in [2.45, 2.75) is 12.7 Å². The van der Waals surface area contributed by atoms with Crippen LogP contribution in [0.25, 0.3) is 0 Å². The van der Waals surface area contributed by atoms with Crippen LogP contribution in [0.1, 0.15) is 11.3 Å². The van der Waals surface area contributed by atoms with Gasteiger partial charge in [0.1, 0.15) is 10.7 Å². The van der Waals surface area contributed by atoms with Crippen LogP contribution in [0, 0.1) is 10.1 Å². The number of alkyl halides is 3. The monoisotopic (exact) mass is 458 g/mol. The Morgan fingerprint density at radius 3 is 2.40 bits per heavy atom. The normalized spacial score (nSPS) is 11.4. The lowest BCUT2D eigenvalue weighted by Crippen LogP contribution is -2.29. The van der Waals surface area contributed by atoms with E-state index < -0.39 is 39.0 Å². The van der Waals surface area contributed by atoms with Gasteiger partial charge < -0.3 is 5.32 Å². The molecule has 1 heterocycles. The van der Waals surface area contributed by atoms with Crippen molar-refractivity contribution in [3.8, 4) is 0 Å². The van der Waals surface area contributed by atoms with E-state index in [0.29, 0.717) is 5.56 Å². The third-order valence-corrected chi connectivity index (χ3v) is 4.54. The first-order valence-corrected chi connectivity index (χ1v) is 8.96. The summed E-state index contributed by atoms with van der Waals surface area (Å²) in [6, 6.07) is 11.9. The number of aromatic nitrogens is 2. The molecule has 0 aliphatic carbocycles. The summed E-state index contributed by atoms with van der Waals surface area (Å²) in [6.07, 6.45) is -5.01. The molecule has 0 amide bonds. The van der Waals surface area contributed by atoms with E-state index in [2.05, 4.69) is 10.3 Å². The van der Waals surface area contributed by atoms with E-state index in [0.717, 1.165) is 10.6 Å². The summed E-state index contributed by atoms with van der Waals surface area (Å²) >= 11 is 11.4. The van der Waals surface area contributed by atoms with Crippen LogP contribution in [0.3, 0.4) is 0 Å². The minimum absolute atomic E-state index is 0.0500. The molecular weight excluding hydrogens is 448 g/mol. The molecule has 0 spiro atoms. The molecule has 0 unspecified atom stereocenters. The highest BCUT2D eigenvalue weighted by atomic mass is 35.5. The van der Waals surface area contributed by atoms with Gasteiger partial charge in [-0.3, -0.25) is 19.5 Å². The van der Waals surface area contributed by atoms with Crippen molar-refractivity contribution in [2.75, 3.05) is 5.32 Å². The highest BCUT2D eigenvalue weighted by Crippen LogP contribution is 2.34. The Morgan fingerprint density at radius 1 is 1.13 bits per heavy atom. The van der Waals surface area contributed by atoms with Crippen molar-refractivity contribution in [3.05, 3.63) is 90.3 Å². The SMILES string of the molecule is O=c1c(Cl)c(C(F)(F)F)nc(Nc2ccc(Cl)cc2[N+](=O)[O-])n1Cc1ccccc1. The number of halogens is 5. The van der Waals surface area contributed by atoms with Gasteiger partial charge in [0.2, 0.25) is 5.95 Å². The number of hydrogen-bond donors (Lipinski definition) is 1. The Kier molecular flexibility index (Phi) is 5.99. The summed E-state index contributed by atoms with van der Waals surface area (Å²) in [5.41, 5.74) is -2.88. The summed E-state index contributed by atoms with van der Waals surface area (Å²) < 4.78 is 40.8. The lowest BCUT2D eigenvalue weighted by atomic mass is 10.2. The first kappa shape index (κ1) is 21.6. The molecule has 3 rings (SSSR count). The van der Waals surface area contributed by atoms with E-state index >= 15 is 0 Å². The molecule has 30 heavy (non-hydrogen) atoms. The van der Waals surface area contributed by atoms with E-state index in [-0.39, 0.29) is 17.3 Å². The van der Waals surface area contributed by atoms with Crippen molar-refractivity contribution >= 4 is 40.5 Å². The molecule has 0 bridgehead atoms. The second kappa shape index (κ2) is 8.33. The number of hydrogen-bond acceptors (Lipinski definition) is 5. The number of nitro groups is 1. The Labute approximate surface area is 176 Å². The Bertz CT molecular complexity index is 1170. The van der Waals surface area contributed by atoms with Crippen LogP contribution in [-0.4, -0.2) is 14.5 Å². The molecule has 0 radical (unpaired) electrons. The van der Waals surface area contributed by atoms with Crippen molar-refractivity contribution < 1.29 is 18.1 Å². The minimum Gasteiger partial charge on any atom is -0.320 e. The summed E-state index contributed by atoms with van der Waals surface area (Å²) in [5, 5.41) is 12.7. The second-order valence-electron chi connectivity index (χ2n) is 6.02. The van der Waals surface area contributed by atoms with Gasteiger partial charge in [-0.25, -0.2) is 4.98 Å². The number of nitrogens with zero attached hydrogens (tertiary/aromatic N) is 3. The third kappa shape index (κ3) is 4.55. The Balaban J connectivity index is 2.20. The molecule has 12 heteroatoms. The predicted molar refractivity (Wildman–Crippen MR) is 105 cm³/mol. The van der Waals surface area contributed by atoms with Gasteiger partial charge >= 0.3 is 6.18 Å². The Morgan fingerprint density at radius 2 is 1.80 bits per heavy atom. The zero-order valence-corrected chi connectivity index (χ0v) is 16.3. The average molecular weight is 459 g/mol. The summed E-state index contributed by atoms with van der Waals surface area (Å²) in [6.45, 7) is -0.172. The van der Waals surface area contributed by atoms with Gasteiger partial charge in [0, 0.05) is 11.1 Å². The fraction of sp³-hybridized carbons (Fsp3) is 0.111. The van der Waals surface area contributed by atoms with Gasteiger partial charge in [0.05, 0.1) is 11.5 Å². The molecule has 7 nitrogen and oxygen atoms in total.